The van der Waals surface area contributed by atoms with Crippen molar-refractivity contribution in [3.63, 3.8) is 0 Å². The number of carbonyl (C=O) groups excluding carboxylic acids is 2. The molecule has 0 fully saturated rings. The molecule has 24 heavy (non-hydrogen) atoms. The molecule has 0 aliphatic heterocycles. The Labute approximate surface area is 143 Å². The van der Waals surface area contributed by atoms with Gasteiger partial charge >= 0.3 is 12.2 Å². The van der Waals surface area contributed by atoms with E-state index in [1.807, 2.05) is 28.1 Å². The minimum atomic E-state index is -0.532. The molecule has 0 aliphatic carbocycles. The lowest BCUT2D eigenvalue weighted by Gasteiger charge is -2.23. The van der Waals surface area contributed by atoms with Gasteiger partial charge in [0.2, 0.25) is 0 Å². The number of nitrogens with zero attached hydrogens (tertiary/aromatic N) is 1. The van der Waals surface area contributed by atoms with Crippen molar-refractivity contribution >= 4 is 23.6 Å². The topological polar surface area (TPSA) is 76.7 Å². The highest BCUT2D eigenvalue weighted by atomic mass is 16.6. The van der Waals surface area contributed by atoms with Crippen LogP contribution in [0.5, 0.6) is 0 Å². The maximum absolute atomic E-state index is 11.8. The van der Waals surface area contributed by atoms with E-state index in [-0.39, 0.29) is 6.10 Å². The first kappa shape index (κ1) is 19.8. The molecule has 0 unspecified atom stereocenters. The summed E-state index contributed by atoms with van der Waals surface area (Å²) < 4.78 is 10.9. The molecule has 0 aliphatic rings. The Hall–Kier alpha value is -2.28. The molecule has 1 aromatic carbocycles. The second-order valence-electron chi connectivity index (χ2n) is 6.88. The molecular weight excluding hydrogens is 310 g/mol. The van der Waals surface area contributed by atoms with Gasteiger partial charge in [0.25, 0.3) is 0 Å². The van der Waals surface area contributed by atoms with Gasteiger partial charge in [-0.2, -0.15) is 0 Å². The monoisotopic (exact) mass is 338 g/mol. The van der Waals surface area contributed by atoms with Gasteiger partial charge in [-0.25, -0.2) is 9.59 Å². The van der Waals surface area contributed by atoms with Crippen LogP contribution in [0.25, 0.3) is 0 Å². The van der Waals surface area contributed by atoms with Gasteiger partial charge in [-0.05, 0) is 38.5 Å². The summed E-state index contributed by atoms with van der Waals surface area (Å²) in [4.78, 5) is 23.5. The maximum Gasteiger partial charge on any atom is 0.411 e. The predicted octanol–water partition coefficient (Wildman–Crippen LogP) is 3.21. The van der Waals surface area contributed by atoms with E-state index >= 15 is 0 Å². The molecule has 0 saturated carbocycles. The number of nitrogens with one attached hydrogen (secondary N) is 2. The Morgan fingerprint density at radius 3 is 2.38 bits per heavy atom. The molecule has 7 nitrogen and oxygen atoms in total. The van der Waals surface area contributed by atoms with Crippen LogP contribution in [0.3, 0.4) is 0 Å². The summed E-state index contributed by atoms with van der Waals surface area (Å²) >= 11 is 0. The summed E-state index contributed by atoms with van der Waals surface area (Å²) in [6.45, 7) is 6.45. The molecule has 2 amide bonds. The molecule has 2 N–H and O–H groups in total. The largest absolute Gasteiger partial charge is 0.447 e. The molecule has 0 radical (unpaired) electrons. The number of likely N-dealkylation sites (N-methyl/N-ethyl adjacent to an activating group) is 1. The Kier molecular flexibility index (Phi) is 7.03. The number of ether oxygens (including phenoxy) is 2. The molecule has 0 aromatic heterocycles. The van der Waals surface area contributed by atoms with Crippen LogP contribution in [-0.4, -0.2) is 57.1 Å². The van der Waals surface area contributed by atoms with E-state index in [2.05, 4.69) is 10.6 Å². The number of hydrogen-bond donors (Lipinski definition) is 2. The highest BCUT2D eigenvalue weighted by Crippen LogP contribution is 2.21. The highest BCUT2D eigenvalue weighted by Gasteiger charge is 2.11. The van der Waals surface area contributed by atoms with Crippen LogP contribution in [0.2, 0.25) is 0 Å². The maximum atomic E-state index is 11.8. The molecule has 134 valence electrons. The molecule has 7 heteroatoms. The van der Waals surface area contributed by atoms with Gasteiger partial charge in [0, 0.05) is 11.4 Å². The summed E-state index contributed by atoms with van der Waals surface area (Å²) in [6.07, 6.45) is -1.26. The average molecular weight is 338 g/mol. The van der Waals surface area contributed by atoms with Crippen LogP contribution in [0.1, 0.15) is 19.4 Å². The number of anilines is 2. The van der Waals surface area contributed by atoms with Gasteiger partial charge < -0.3 is 14.0 Å². The van der Waals surface area contributed by atoms with Crippen molar-refractivity contribution in [1.29, 1.82) is 0 Å². The zero-order chi connectivity index (χ0) is 18.3. The minimum Gasteiger partial charge on any atom is -0.447 e. The van der Waals surface area contributed by atoms with E-state index in [0.717, 1.165) is 12.1 Å². The highest BCUT2D eigenvalue weighted by molar-refractivity contribution is 5.89. The third kappa shape index (κ3) is 7.82. The van der Waals surface area contributed by atoms with Crippen molar-refractivity contribution in [2.24, 2.45) is 0 Å². The molecule has 0 atom stereocenters. The zero-order valence-corrected chi connectivity index (χ0v) is 15.3. The first-order valence-corrected chi connectivity index (χ1v) is 7.89. The molecular formula is C17H28N3O4+. The van der Waals surface area contributed by atoms with Gasteiger partial charge in [0.15, 0.2) is 0 Å². The van der Waals surface area contributed by atoms with Crippen LogP contribution in [0, 0.1) is 6.92 Å². The fraction of sp³-hybridized carbons (Fsp3) is 0.529. The number of quaternary nitrogens is 1. The van der Waals surface area contributed by atoms with Crippen LogP contribution in [0.15, 0.2) is 18.2 Å². The van der Waals surface area contributed by atoms with Gasteiger partial charge in [-0.15, -0.1) is 0 Å². The van der Waals surface area contributed by atoms with Crippen LogP contribution in [0.4, 0.5) is 21.0 Å². The lowest BCUT2D eigenvalue weighted by atomic mass is 10.2. The minimum absolute atomic E-state index is 0.206. The van der Waals surface area contributed by atoms with Gasteiger partial charge in [0.05, 0.1) is 27.2 Å². The summed E-state index contributed by atoms with van der Waals surface area (Å²) in [6, 6.07) is 5.21. The Morgan fingerprint density at radius 1 is 1.12 bits per heavy atom. The Morgan fingerprint density at radius 2 is 1.79 bits per heavy atom. The number of amides is 2. The quantitative estimate of drug-likeness (QED) is 0.781. The molecule has 1 aromatic rings. The summed E-state index contributed by atoms with van der Waals surface area (Å²) in [5, 5.41) is 5.31. The van der Waals surface area contributed by atoms with Crippen molar-refractivity contribution in [3.8, 4) is 0 Å². The van der Waals surface area contributed by atoms with Crippen LogP contribution >= 0.6 is 0 Å². The number of rotatable bonds is 6. The molecule has 0 saturated heterocycles. The van der Waals surface area contributed by atoms with Gasteiger partial charge in [-0.1, -0.05) is 6.07 Å². The predicted molar refractivity (Wildman–Crippen MR) is 94.3 cm³/mol. The SMILES string of the molecule is Cc1ccc(NC(=O)OCC[N+](C)(C)C)cc1NC(=O)OC(C)C. The first-order chi connectivity index (χ1) is 11.1. The fourth-order valence-electron chi connectivity index (χ4n) is 1.75. The van der Waals surface area contributed by atoms with E-state index < -0.39 is 12.2 Å². The van der Waals surface area contributed by atoms with Crippen molar-refractivity contribution < 1.29 is 23.5 Å². The zero-order valence-electron chi connectivity index (χ0n) is 15.3. The molecule has 1 rings (SSSR count). The summed E-state index contributed by atoms with van der Waals surface area (Å²) in [7, 11) is 6.07. The molecule has 0 heterocycles. The Bertz CT molecular complexity index is 580. The van der Waals surface area contributed by atoms with E-state index in [1.54, 1.807) is 32.0 Å². The number of carbonyl (C=O) groups is 2. The molecule has 0 bridgehead atoms. The standard InChI is InChI=1S/C17H27N3O4/c1-12(2)24-17(22)19-15-11-14(8-7-13(15)3)18-16(21)23-10-9-20(4,5)6/h7-8,11-12H,9-10H2,1-6H3,(H-,18,19,21,22)/p+1. The van der Waals surface area contributed by atoms with Gasteiger partial charge in [0.1, 0.15) is 13.2 Å². The Balaban J connectivity index is 2.62. The molecule has 0 spiro atoms. The lowest BCUT2D eigenvalue weighted by Crippen LogP contribution is -2.38. The third-order valence-corrected chi connectivity index (χ3v) is 3.06. The van der Waals surface area contributed by atoms with Crippen LogP contribution < -0.4 is 10.6 Å². The average Bonchev–Trinajstić information content (AvgIpc) is 2.40. The van der Waals surface area contributed by atoms with E-state index in [9.17, 15) is 9.59 Å². The van der Waals surface area contributed by atoms with Crippen molar-refractivity contribution in [3.05, 3.63) is 23.8 Å². The summed E-state index contributed by atoms with van der Waals surface area (Å²) in [5.41, 5.74) is 1.97. The van der Waals surface area contributed by atoms with E-state index in [1.165, 1.54) is 0 Å². The van der Waals surface area contributed by atoms with Crippen LogP contribution in [-0.2, 0) is 9.47 Å². The van der Waals surface area contributed by atoms with E-state index in [0.29, 0.717) is 22.5 Å². The number of aryl methyl sites for hydroxylation is 1. The lowest BCUT2D eigenvalue weighted by molar-refractivity contribution is -0.870. The number of benzene rings is 1. The van der Waals surface area contributed by atoms with E-state index in [4.69, 9.17) is 9.47 Å². The van der Waals surface area contributed by atoms with Crippen molar-refractivity contribution in [2.45, 2.75) is 26.9 Å². The second-order valence-corrected chi connectivity index (χ2v) is 6.88. The van der Waals surface area contributed by atoms with Crippen molar-refractivity contribution in [2.75, 3.05) is 44.9 Å². The van der Waals surface area contributed by atoms with Gasteiger partial charge in [-0.3, -0.25) is 10.6 Å². The third-order valence-electron chi connectivity index (χ3n) is 3.06. The second kappa shape index (κ2) is 8.54. The number of hydrogen-bond acceptors (Lipinski definition) is 4. The smallest absolute Gasteiger partial charge is 0.411 e. The van der Waals surface area contributed by atoms with Crippen molar-refractivity contribution in [1.82, 2.24) is 0 Å². The normalized spacial score (nSPS) is 11.1. The summed E-state index contributed by atoms with van der Waals surface area (Å²) in [5.74, 6) is 0. The first-order valence-electron chi connectivity index (χ1n) is 7.89. The fourth-order valence-corrected chi connectivity index (χ4v) is 1.75.